The van der Waals surface area contributed by atoms with Gasteiger partial charge < -0.3 is 9.67 Å². The summed E-state index contributed by atoms with van der Waals surface area (Å²) in [6, 6.07) is 15.1. The first kappa shape index (κ1) is 22.1. The van der Waals surface area contributed by atoms with Crippen LogP contribution in [0.1, 0.15) is 64.2 Å². The zero-order valence-electron chi connectivity index (χ0n) is 16.9. The molecule has 1 aromatic heterocycles. The Balaban J connectivity index is 2.25. The zero-order valence-corrected chi connectivity index (χ0v) is 19.2. The van der Waals surface area contributed by atoms with Crippen molar-refractivity contribution in [3.8, 4) is 6.07 Å². The highest BCUT2D eigenvalue weighted by Crippen LogP contribution is 2.36. The Kier molecular flexibility index (Phi) is 6.64. The lowest BCUT2D eigenvalue weighted by atomic mass is 9.86. The van der Waals surface area contributed by atoms with Crippen LogP contribution in [0.2, 0.25) is 5.02 Å². The van der Waals surface area contributed by atoms with Crippen LogP contribution in [0, 0.1) is 18.3 Å². The van der Waals surface area contributed by atoms with E-state index in [9.17, 15) is 9.90 Å². The molecular formula is C23H21BrClN3O2. The summed E-state index contributed by atoms with van der Waals surface area (Å²) >= 11 is 9.68. The standard InChI is InChI=1S/C23H21BrClN3O2/c1-13(2)28-21(20(22(29)30)27-23(28)24)19(16-7-5-15(12-26)6-8-16)11-17-10-18(25)9-4-14(17)3/h4-10,13,19H,11H2,1-3H3,(H,29,30). The number of hydrogen-bond donors (Lipinski definition) is 1. The van der Waals surface area contributed by atoms with Crippen molar-refractivity contribution in [2.24, 2.45) is 0 Å². The van der Waals surface area contributed by atoms with E-state index in [2.05, 4.69) is 27.0 Å². The van der Waals surface area contributed by atoms with Crippen molar-refractivity contribution in [3.63, 3.8) is 0 Å². The van der Waals surface area contributed by atoms with Crippen LogP contribution in [0.25, 0.3) is 0 Å². The van der Waals surface area contributed by atoms with E-state index in [1.165, 1.54) is 0 Å². The topological polar surface area (TPSA) is 78.9 Å². The van der Waals surface area contributed by atoms with Crippen molar-refractivity contribution < 1.29 is 9.90 Å². The van der Waals surface area contributed by atoms with Gasteiger partial charge in [0.1, 0.15) is 0 Å². The second kappa shape index (κ2) is 9.03. The summed E-state index contributed by atoms with van der Waals surface area (Å²) in [6.07, 6.45) is 0.545. The van der Waals surface area contributed by atoms with E-state index in [0.29, 0.717) is 27.4 Å². The lowest BCUT2D eigenvalue weighted by Crippen LogP contribution is -2.17. The van der Waals surface area contributed by atoms with Gasteiger partial charge in [-0.05, 0) is 84.1 Å². The Morgan fingerprint density at radius 3 is 2.50 bits per heavy atom. The Bertz CT molecular complexity index is 1130. The van der Waals surface area contributed by atoms with E-state index in [0.717, 1.165) is 16.7 Å². The number of benzene rings is 2. The van der Waals surface area contributed by atoms with Gasteiger partial charge in [-0.25, -0.2) is 9.78 Å². The summed E-state index contributed by atoms with van der Waals surface area (Å²) in [7, 11) is 0. The monoisotopic (exact) mass is 485 g/mol. The van der Waals surface area contributed by atoms with E-state index in [1.807, 2.05) is 55.7 Å². The highest BCUT2D eigenvalue weighted by atomic mass is 79.9. The maximum absolute atomic E-state index is 12.1. The third kappa shape index (κ3) is 4.43. The number of nitriles is 1. The van der Waals surface area contributed by atoms with Gasteiger partial charge in [0.05, 0.1) is 17.3 Å². The Morgan fingerprint density at radius 1 is 1.27 bits per heavy atom. The summed E-state index contributed by atoms with van der Waals surface area (Å²) in [5.74, 6) is -1.37. The molecule has 1 N–H and O–H groups in total. The molecule has 2 aromatic carbocycles. The zero-order chi connectivity index (χ0) is 22.0. The molecule has 1 atom stereocenters. The predicted molar refractivity (Wildman–Crippen MR) is 120 cm³/mol. The number of carboxylic acids is 1. The normalized spacial score (nSPS) is 12.0. The number of aromatic nitrogens is 2. The fourth-order valence-electron chi connectivity index (χ4n) is 3.64. The molecule has 0 amide bonds. The number of nitrogens with zero attached hydrogens (tertiary/aromatic N) is 3. The molecule has 0 fully saturated rings. The Labute approximate surface area is 189 Å². The van der Waals surface area contributed by atoms with Crippen LogP contribution in [0.4, 0.5) is 0 Å². The summed E-state index contributed by atoms with van der Waals surface area (Å²) in [6.45, 7) is 5.99. The number of aryl methyl sites for hydroxylation is 1. The molecule has 0 bridgehead atoms. The predicted octanol–water partition coefficient (Wildman–Crippen LogP) is 6.13. The molecule has 0 aliphatic heterocycles. The number of hydrogen-bond acceptors (Lipinski definition) is 3. The van der Waals surface area contributed by atoms with E-state index in [-0.39, 0.29) is 17.7 Å². The lowest BCUT2D eigenvalue weighted by molar-refractivity contribution is 0.0689. The lowest BCUT2D eigenvalue weighted by Gasteiger charge is -2.24. The molecule has 0 spiro atoms. The number of aromatic carboxylic acids is 1. The molecule has 1 heterocycles. The molecule has 30 heavy (non-hydrogen) atoms. The van der Waals surface area contributed by atoms with Gasteiger partial charge in [0.15, 0.2) is 10.4 Å². The number of carboxylic acid groups (broad SMARTS) is 1. The van der Waals surface area contributed by atoms with Crippen molar-refractivity contribution in [1.29, 1.82) is 5.26 Å². The van der Waals surface area contributed by atoms with Crippen molar-refractivity contribution in [3.05, 3.63) is 85.9 Å². The first-order valence-electron chi connectivity index (χ1n) is 9.49. The minimum atomic E-state index is -1.08. The molecular weight excluding hydrogens is 466 g/mol. The molecule has 7 heteroatoms. The van der Waals surface area contributed by atoms with Gasteiger partial charge in [0, 0.05) is 17.0 Å². The van der Waals surface area contributed by atoms with Gasteiger partial charge >= 0.3 is 5.97 Å². The van der Waals surface area contributed by atoms with Crippen molar-refractivity contribution >= 4 is 33.5 Å². The molecule has 3 aromatic rings. The van der Waals surface area contributed by atoms with Gasteiger partial charge in [0.2, 0.25) is 0 Å². The average molecular weight is 487 g/mol. The molecule has 0 aliphatic rings. The van der Waals surface area contributed by atoms with Crippen molar-refractivity contribution in [2.75, 3.05) is 0 Å². The molecule has 5 nitrogen and oxygen atoms in total. The van der Waals surface area contributed by atoms with E-state index >= 15 is 0 Å². The fourth-order valence-corrected chi connectivity index (χ4v) is 4.61. The van der Waals surface area contributed by atoms with Crippen LogP contribution in [0.5, 0.6) is 0 Å². The second-order valence-electron chi connectivity index (χ2n) is 7.44. The third-order valence-corrected chi connectivity index (χ3v) is 5.93. The third-order valence-electron chi connectivity index (χ3n) is 5.13. The smallest absolute Gasteiger partial charge is 0.356 e. The summed E-state index contributed by atoms with van der Waals surface area (Å²) in [5.41, 5.74) is 4.20. The first-order chi connectivity index (χ1) is 14.2. The molecule has 1 unspecified atom stereocenters. The maximum atomic E-state index is 12.1. The quantitative estimate of drug-likeness (QED) is 0.454. The van der Waals surface area contributed by atoms with Gasteiger partial charge in [-0.15, -0.1) is 0 Å². The summed E-state index contributed by atoms with van der Waals surface area (Å²) < 4.78 is 2.39. The number of imidazole rings is 1. The molecule has 3 rings (SSSR count). The molecule has 154 valence electrons. The van der Waals surface area contributed by atoms with E-state index in [1.54, 1.807) is 12.1 Å². The fraction of sp³-hybridized carbons (Fsp3) is 0.261. The van der Waals surface area contributed by atoms with Crippen LogP contribution in [-0.4, -0.2) is 20.6 Å². The van der Waals surface area contributed by atoms with E-state index in [4.69, 9.17) is 16.9 Å². The average Bonchev–Trinajstić information content (AvgIpc) is 3.06. The minimum Gasteiger partial charge on any atom is -0.476 e. The van der Waals surface area contributed by atoms with Crippen LogP contribution in [0.3, 0.4) is 0 Å². The summed E-state index contributed by atoms with van der Waals surface area (Å²) in [5, 5.41) is 19.7. The van der Waals surface area contributed by atoms with Crippen LogP contribution in [0.15, 0.2) is 47.2 Å². The number of halogens is 2. The largest absolute Gasteiger partial charge is 0.476 e. The van der Waals surface area contributed by atoms with Gasteiger partial charge in [0.25, 0.3) is 0 Å². The minimum absolute atomic E-state index is 0.00341. The van der Waals surface area contributed by atoms with Gasteiger partial charge in [-0.1, -0.05) is 29.8 Å². The number of carbonyl (C=O) groups is 1. The van der Waals surface area contributed by atoms with Crippen LogP contribution >= 0.6 is 27.5 Å². The SMILES string of the molecule is Cc1ccc(Cl)cc1CC(c1ccc(C#N)cc1)c1c(C(=O)O)nc(Br)n1C(C)C. The van der Waals surface area contributed by atoms with Crippen LogP contribution in [-0.2, 0) is 6.42 Å². The van der Waals surface area contributed by atoms with Crippen molar-refractivity contribution in [2.45, 2.75) is 39.2 Å². The molecule has 0 radical (unpaired) electrons. The Morgan fingerprint density at radius 2 is 1.93 bits per heavy atom. The molecule has 0 saturated heterocycles. The van der Waals surface area contributed by atoms with Gasteiger partial charge in [-0.2, -0.15) is 5.26 Å². The second-order valence-corrected chi connectivity index (χ2v) is 8.59. The Hall–Kier alpha value is -2.62. The number of rotatable bonds is 6. The molecule has 0 aliphatic carbocycles. The highest BCUT2D eigenvalue weighted by Gasteiger charge is 2.30. The maximum Gasteiger partial charge on any atom is 0.356 e. The van der Waals surface area contributed by atoms with Crippen LogP contribution < -0.4 is 0 Å². The summed E-state index contributed by atoms with van der Waals surface area (Å²) in [4.78, 5) is 16.4. The molecule has 0 saturated carbocycles. The first-order valence-corrected chi connectivity index (χ1v) is 10.7. The van der Waals surface area contributed by atoms with E-state index < -0.39 is 5.97 Å². The van der Waals surface area contributed by atoms with Crippen molar-refractivity contribution in [1.82, 2.24) is 9.55 Å². The van der Waals surface area contributed by atoms with Gasteiger partial charge in [-0.3, -0.25) is 0 Å². The highest BCUT2D eigenvalue weighted by molar-refractivity contribution is 9.10.